The molecule has 0 spiro atoms. The summed E-state index contributed by atoms with van der Waals surface area (Å²) in [4.78, 5) is 21.7. The summed E-state index contributed by atoms with van der Waals surface area (Å²) in [7, 11) is 0. The first-order valence-electron chi connectivity index (χ1n) is 39.7. The summed E-state index contributed by atoms with van der Waals surface area (Å²) in [5.74, 6) is 1.27. The van der Waals surface area contributed by atoms with Crippen LogP contribution in [0.2, 0.25) is 0 Å². The van der Waals surface area contributed by atoms with Crippen molar-refractivity contribution in [3.8, 4) is 56.9 Å². The van der Waals surface area contributed by atoms with E-state index in [-0.39, 0.29) is 0 Å². The van der Waals surface area contributed by atoms with Crippen LogP contribution in [0.25, 0.3) is 250 Å². The van der Waals surface area contributed by atoms with Gasteiger partial charge in [0.05, 0.1) is 98.1 Å². The van der Waals surface area contributed by atoms with Crippen molar-refractivity contribution < 1.29 is 8.83 Å². The second kappa shape index (κ2) is 25.1. The van der Waals surface area contributed by atoms with Crippen LogP contribution in [-0.2, 0) is 0 Å². The molecule has 17 aromatic carbocycles. The van der Waals surface area contributed by atoms with E-state index >= 15 is 0 Å². The molecule has 0 saturated carbocycles. The van der Waals surface area contributed by atoms with E-state index in [0.29, 0.717) is 11.9 Å². The molecule has 548 valence electrons. The van der Waals surface area contributed by atoms with Gasteiger partial charge in [0.2, 0.25) is 11.9 Å². The third-order valence-corrected chi connectivity index (χ3v) is 26.6. The Hall–Kier alpha value is -15.3. The molecule has 0 amide bonds. The number of hydrogen-bond acceptors (Lipinski definition) is 8. The zero-order valence-corrected chi connectivity index (χ0v) is 64.5. The number of nitrogens with zero attached hydrogens (tertiary/aromatic N) is 8. The minimum atomic E-state index is 0.629. The number of furan rings is 2. The van der Waals surface area contributed by atoms with Crippen molar-refractivity contribution in [3.05, 3.63) is 364 Å². The molecule has 10 aromatic heterocycles. The molecule has 27 rings (SSSR count). The van der Waals surface area contributed by atoms with Gasteiger partial charge in [-0.2, -0.15) is 0 Å². The van der Waals surface area contributed by atoms with Gasteiger partial charge in [0.1, 0.15) is 22.3 Å². The average Bonchev–Trinajstić information content (AvgIpc) is 1.55. The number of rotatable bonds is 7. The minimum absolute atomic E-state index is 0.629. The maximum Gasteiger partial charge on any atom is 0.235 e. The van der Waals surface area contributed by atoms with Crippen molar-refractivity contribution in [3.63, 3.8) is 0 Å². The fraction of sp³-hybridized carbons (Fsp3) is 0. The lowest BCUT2D eigenvalue weighted by atomic mass is 10.0. The molecule has 10 heterocycles. The highest BCUT2D eigenvalue weighted by Gasteiger charge is 2.29. The summed E-state index contributed by atoms with van der Waals surface area (Å²) < 4.78 is 28.1. The summed E-state index contributed by atoms with van der Waals surface area (Å²) in [5.41, 5.74) is 22.6. The van der Waals surface area contributed by atoms with Crippen molar-refractivity contribution in [1.82, 2.24) is 38.2 Å². The number of hydrogen-bond donors (Lipinski definition) is 0. The zero-order chi connectivity index (χ0) is 77.0. The molecule has 0 aliphatic carbocycles. The van der Waals surface area contributed by atoms with E-state index in [1.807, 2.05) is 6.07 Å². The molecule has 27 aromatic rings. The van der Waals surface area contributed by atoms with Crippen molar-refractivity contribution in [1.29, 1.82) is 0 Å². The highest BCUT2D eigenvalue weighted by Crippen LogP contribution is 2.50. The van der Waals surface area contributed by atoms with E-state index in [1.54, 1.807) is 22.7 Å². The van der Waals surface area contributed by atoms with Crippen LogP contribution >= 0.6 is 22.7 Å². The van der Waals surface area contributed by atoms with Gasteiger partial charge in [-0.3, -0.25) is 9.13 Å². The predicted molar refractivity (Wildman–Crippen MR) is 493 cm³/mol. The van der Waals surface area contributed by atoms with Gasteiger partial charge in [-0.25, -0.2) is 19.9 Å². The Balaban J connectivity index is 0.000000129. The molecule has 0 radical (unpaired) electrons. The van der Waals surface area contributed by atoms with Crippen LogP contribution in [0.1, 0.15) is 0 Å². The number of fused-ring (bicyclic) bond motifs is 30. The molecule has 0 aliphatic heterocycles. The first-order chi connectivity index (χ1) is 58.6. The SMILES string of the molecule is c1ccc(-c2ccc(-c3nc(-n4c5ccccc5c5c6oc7cc(-n8c9ccccc9c9ccccc98)c8ccccc8c7c6ccc54)nc4c3sc3ccccc34)cc2)cc1.c1ccc(-c2nc(-n3c4ccccc4c4c5oc6cc(-n7c8ccccc8c8ccccc87)c7ccccc7c6c5ccc43)nc3c2sc2ccccc23)cc1. The van der Waals surface area contributed by atoms with Gasteiger partial charge in [-0.1, -0.05) is 279 Å². The quantitative estimate of drug-likeness (QED) is 0.158. The first kappa shape index (κ1) is 65.1. The summed E-state index contributed by atoms with van der Waals surface area (Å²) >= 11 is 3.50. The molecular weight excluding hydrogens is 1480 g/mol. The van der Waals surface area contributed by atoms with Gasteiger partial charge in [0, 0.05) is 108 Å². The molecule has 0 atom stereocenters. The predicted octanol–water partition coefficient (Wildman–Crippen LogP) is 29.2. The second-order valence-electron chi connectivity index (χ2n) is 30.6. The van der Waals surface area contributed by atoms with E-state index in [1.165, 1.54) is 74.9 Å². The smallest absolute Gasteiger partial charge is 0.235 e. The Morgan fingerprint density at radius 1 is 0.212 bits per heavy atom. The molecule has 10 nitrogen and oxygen atoms in total. The summed E-state index contributed by atoms with van der Waals surface area (Å²) in [6.45, 7) is 0. The third-order valence-electron chi connectivity index (χ3n) is 24.3. The fourth-order valence-corrected chi connectivity index (χ4v) is 21.5. The van der Waals surface area contributed by atoms with Crippen LogP contribution in [-0.4, -0.2) is 38.2 Å². The first-order valence-corrected chi connectivity index (χ1v) is 41.4. The summed E-state index contributed by atoms with van der Waals surface area (Å²) in [6, 6.07) is 130. The lowest BCUT2D eigenvalue weighted by Crippen LogP contribution is -2.02. The van der Waals surface area contributed by atoms with Gasteiger partial charge < -0.3 is 18.0 Å². The van der Waals surface area contributed by atoms with E-state index in [0.717, 1.165) is 163 Å². The highest BCUT2D eigenvalue weighted by atomic mass is 32.1. The normalized spacial score (nSPS) is 12.2. The van der Waals surface area contributed by atoms with Gasteiger partial charge >= 0.3 is 0 Å². The molecule has 118 heavy (non-hydrogen) atoms. The maximum absolute atomic E-state index is 7.18. The Bertz CT molecular complexity index is 8860. The molecule has 0 saturated heterocycles. The Morgan fingerprint density at radius 2 is 0.517 bits per heavy atom. The Kier molecular flexibility index (Phi) is 13.8. The van der Waals surface area contributed by atoms with Crippen molar-refractivity contribution in [2.24, 2.45) is 0 Å². The van der Waals surface area contributed by atoms with Gasteiger partial charge in [0.15, 0.2) is 0 Å². The summed E-state index contributed by atoms with van der Waals surface area (Å²) in [5, 5.41) is 20.6. The minimum Gasteiger partial charge on any atom is -0.455 e. The van der Waals surface area contributed by atoms with Crippen LogP contribution in [0.15, 0.2) is 373 Å². The van der Waals surface area contributed by atoms with Crippen molar-refractivity contribution >= 4 is 216 Å². The topological polar surface area (TPSA) is 97.6 Å². The standard InChI is InChI=1S/C56H32N4OS.C50H28N4OS/c1-2-14-33(15-3-1)34-26-28-35(29-27-34)52-55-53(41-21-9-13-25-49(41)62-55)58-56(57-52)60-45-24-12-8-20-40(45)51-46(60)31-30-42-50-39-19-5-4-18-38(39)47(32-48(50)61-54(42)51)59-43-22-10-6-16-36(43)37-17-7-11-23-44(37)59;1-2-14-29(15-3-1)46-49-47(35-21-9-13-25-43(35)56-49)52-50(51-46)54-39-24-12-8-20-34(39)45-40(54)27-26-36-44-33-19-5-4-18-32(33)41(28-42(44)55-48(36)45)53-37-22-10-6-16-30(37)31-17-7-11-23-38(31)53/h1-32H;1-28H. The Morgan fingerprint density at radius 3 is 0.924 bits per heavy atom. The number of benzene rings is 17. The Labute approximate surface area is 679 Å². The molecule has 12 heteroatoms. The van der Waals surface area contributed by atoms with Crippen LogP contribution in [0.4, 0.5) is 0 Å². The van der Waals surface area contributed by atoms with Crippen LogP contribution in [0.5, 0.6) is 0 Å². The highest BCUT2D eigenvalue weighted by molar-refractivity contribution is 7.26. The second-order valence-corrected chi connectivity index (χ2v) is 32.7. The fourth-order valence-electron chi connectivity index (χ4n) is 19.2. The molecule has 0 unspecified atom stereocenters. The lowest BCUT2D eigenvalue weighted by Gasteiger charge is -2.12. The van der Waals surface area contributed by atoms with E-state index in [4.69, 9.17) is 28.8 Å². The van der Waals surface area contributed by atoms with Crippen LogP contribution in [0.3, 0.4) is 0 Å². The largest absolute Gasteiger partial charge is 0.455 e. The van der Waals surface area contributed by atoms with Crippen molar-refractivity contribution in [2.45, 2.75) is 0 Å². The van der Waals surface area contributed by atoms with E-state index in [2.05, 4.69) is 376 Å². The van der Waals surface area contributed by atoms with Crippen LogP contribution < -0.4 is 0 Å². The number of thiophene rings is 2. The summed E-state index contributed by atoms with van der Waals surface area (Å²) in [6.07, 6.45) is 0. The van der Waals surface area contributed by atoms with Crippen molar-refractivity contribution in [2.75, 3.05) is 0 Å². The van der Waals surface area contributed by atoms with Gasteiger partial charge in [-0.05, 0) is 94.7 Å². The lowest BCUT2D eigenvalue weighted by molar-refractivity contribution is 0.672. The third kappa shape index (κ3) is 9.37. The number of para-hydroxylation sites is 6. The maximum atomic E-state index is 7.18. The van der Waals surface area contributed by atoms with Crippen LogP contribution in [0, 0.1) is 0 Å². The molecule has 0 N–H and O–H groups in total. The van der Waals surface area contributed by atoms with Gasteiger partial charge in [0.25, 0.3) is 0 Å². The zero-order valence-electron chi connectivity index (χ0n) is 62.9. The molecular formula is C106H60N8O2S2. The number of aromatic nitrogens is 8. The molecule has 0 bridgehead atoms. The monoisotopic (exact) mass is 1540 g/mol. The molecule has 0 fully saturated rings. The molecule has 0 aliphatic rings. The van der Waals surface area contributed by atoms with E-state index in [9.17, 15) is 0 Å². The average molecular weight is 1540 g/mol. The van der Waals surface area contributed by atoms with Gasteiger partial charge in [-0.15, -0.1) is 22.7 Å². The van der Waals surface area contributed by atoms with E-state index < -0.39 is 0 Å².